The van der Waals surface area contributed by atoms with Crippen LogP contribution in [0.25, 0.3) is 11.1 Å². The molecule has 1 aliphatic heterocycles. The number of methoxy groups -OCH3 is 2. The summed E-state index contributed by atoms with van der Waals surface area (Å²) in [5.74, 6) is 1.66. The number of amidine groups is 1. The van der Waals surface area contributed by atoms with Gasteiger partial charge in [-0.3, -0.25) is 10.2 Å². The molecular weight excluding hydrogens is 465 g/mol. The fraction of sp³-hybridized carbons (Fsp3) is 0.259. The van der Waals surface area contributed by atoms with Gasteiger partial charge >= 0.3 is 0 Å². The van der Waals surface area contributed by atoms with Crippen molar-refractivity contribution in [2.45, 2.75) is 20.0 Å². The molecule has 1 saturated heterocycles. The molecule has 0 aromatic heterocycles. The number of halogens is 1. The van der Waals surface area contributed by atoms with Crippen molar-refractivity contribution < 1.29 is 18.7 Å². The summed E-state index contributed by atoms with van der Waals surface area (Å²) in [5, 5.41) is 11.7. The highest BCUT2D eigenvalue weighted by Crippen LogP contribution is 2.28. The third-order valence-corrected chi connectivity index (χ3v) is 6.80. The van der Waals surface area contributed by atoms with Crippen LogP contribution >= 0.6 is 11.8 Å². The Kier molecular flexibility index (Phi) is 7.60. The lowest BCUT2D eigenvalue weighted by atomic mass is 9.96. The minimum Gasteiger partial charge on any atom is -0.497 e. The van der Waals surface area contributed by atoms with Crippen molar-refractivity contribution in [2.24, 2.45) is 0 Å². The smallest absolute Gasteiger partial charge is 0.251 e. The van der Waals surface area contributed by atoms with Crippen molar-refractivity contribution in [3.05, 3.63) is 82.7 Å². The molecule has 2 N–H and O–H groups in total. The van der Waals surface area contributed by atoms with Crippen molar-refractivity contribution in [3.8, 4) is 22.6 Å². The molecule has 0 aliphatic carbocycles. The van der Waals surface area contributed by atoms with Crippen LogP contribution in [0.4, 0.5) is 4.39 Å². The predicted octanol–water partition coefficient (Wildman–Crippen LogP) is 5.23. The molecule has 182 valence electrons. The number of hydrogen-bond acceptors (Lipinski definition) is 5. The number of rotatable bonds is 8. The molecule has 3 aromatic carbocycles. The van der Waals surface area contributed by atoms with Crippen LogP contribution < -0.4 is 14.8 Å². The number of nitrogens with zero attached hydrogens (tertiary/aromatic N) is 1. The zero-order valence-corrected chi connectivity index (χ0v) is 20.8. The Morgan fingerprint density at radius 2 is 1.80 bits per heavy atom. The van der Waals surface area contributed by atoms with Crippen LogP contribution in [0.1, 0.15) is 27.0 Å². The van der Waals surface area contributed by atoms with Crippen molar-refractivity contribution in [1.29, 1.82) is 5.41 Å². The van der Waals surface area contributed by atoms with Crippen LogP contribution in [0.15, 0.2) is 54.6 Å². The molecule has 0 atom stereocenters. The Morgan fingerprint density at radius 3 is 2.43 bits per heavy atom. The number of nitrogens with one attached hydrogen (secondary N) is 2. The second-order valence-electron chi connectivity index (χ2n) is 8.36. The maximum absolute atomic E-state index is 13.7. The molecule has 3 aromatic rings. The normalized spacial score (nSPS) is 13.1. The van der Waals surface area contributed by atoms with E-state index in [1.807, 2.05) is 42.2 Å². The van der Waals surface area contributed by atoms with Gasteiger partial charge in [0.05, 0.1) is 14.2 Å². The summed E-state index contributed by atoms with van der Waals surface area (Å²) < 4.78 is 24.4. The van der Waals surface area contributed by atoms with Gasteiger partial charge in [0.15, 0.2) is 5.17 Å². The highest BCUT2D eigenvalue weighted by molar-refractivity contribution is 8.14. The van der Waals surface area contributed by atoms with E-state index in [2.05, 4.69) is 5.32 Å². The van der Waals surface area contributed by atoms with Gasteiger partial charge in [-0.05, 0) is 77.2 Å². The zero-order chi connectivity index (χ0) is 24.9. The lowest BCUT2D eigenvalue weighted by molar-refractivity contribution is 0.0950. The first-order chi connectivity index (χ1) is 16.9. The Bertz CT molecular complexity index is 1240. The first-order valence-corrected chi connectivity index (χ1v) is 12.2. The average molecular weight is 494 g/mol. The molecule has 0 unspecified atom stereocenters. The predicted molar refractivity (Wildman–Crippen MR) is 138 cm³/mol. The molecular formula is C27H28FN3O3S. The van der Waals surface area contributed by atoms with Gasteiger partial charge in [0.1, 0.15) is 17.3 Å². The zero-order valence-electron chi connectivity index (χ0n) is 20.0. The van der Waals surface area contributed by atoms with Crippen molar-refractivity contribution in [2.75, 3.05) is 26.5 Å². The molecule has 1 fully saturated rings. The van der Waals surface area contributed by atoms with Gasteiger partial charge in [0, 0.05) is 37.0 Å². The topological polar surface area (TPSA) is 74.7 Å². The van der Waals surface area contributed by atoms with E-state index in [9.17, 15) is 9.18 Å². The number of ether oxygens (including phenoxy) is 2. The Balaban J connectivity index is 1.62. The number of aryl methyl sites for hydroxylation is 1. The molecule has 1 amide bonds. The SMILES string of the molecule is COc1cc(CNC(=O)c2cc(CN3CCSC3=N)cc(-c3ccc(F)cc3C)c2)cc(OC)c1. The van der Waals surface area contributed by atoms with Crippen molar-refractivity contribution >= 4 is 22.8 Å². The molecule has 35 heavy (non-hydrogen) atoms. The molecule has 8 heteroatoms. The minimum absolute atomic E-state index is 0.222. The van der Waals surface area contributed by atoms with Crippen LogP contribution in [-0.2, 0) is 13.1 Å². The monoisotopic (exact) mass is 493 g/mol. The van der Waals surface area contributed by atoms with Gasteiger partial charge in [0.2, 0.25) is 0 Å². The third-order valence-electron chi connectivity index (χ3n) is 5.88. The Morgan fingerprint density at radius 1 is 1.06 bits per heavy atom. The Hall–Kier alpha value is -3.52. The second-order valence-corrected chi connectivity index (χ2v) is 9.44. The van der Waals surface area contributed by atoms with Gasteiger partial charge in [-0.25, -0.2) is 4.39 Å². The van der Waals surface area contributed by atoms with E-state index in [0.29, 0.717) is 35.3 Å². The van der Waals surface area contributed by atoms with Crippen LogP contribution in [-0.4, -0.2) is 42.5 Å². The summed E-state index contributed by atoms with van der Waals surface area (Å²) in [6.45, 7) is 3.48. The van der Waals surface area contributed by atoms with Crippen molar-refractivity contribution in [3.63, 3.8) is 0 Å². The minimum atomic E-state index is -0.295. The summed E-state index contributed by atoms with van der Waals surface area (Å²) >= 11 is 1.52. The molecule has 4 rings (SSSR count). The van der Waals surface area contributed by atoms with Crippen LogP contribution in [0.5, 0.6) is 11.5 Å². The van der Waals surface area contributed by atoms with Gasteiger partial charge < -0.3 is 19.7 Å². The fourth-order valence-electron chi connectivity index (χ4n) is 4.09. The van der Waals surface area contributed by atoms with E-state index in [-0.39, 0.29) is 11.7 Å². The Labute approximate surface area is 208 Å². The molecule has 1 aliphatic rings. The van der Waals surface area contributed by atoms with Gasteiger partial charge in [-0.1, -0.05) is 17.8 Å². The molecule has 1 heterocycles. The van der Waals surface area contributed by atoms with E-state index in [0.717, 1.165) is 40.1 Å². The van der Waals surface area contributed by atoms with E-state index in [1.165, 1.54) is 23.9 Å². The highest BCUT2D eigenvalue weighted by atomic mass is 32.2. The van der Waals surface area contributed by atoms with E-state index < -0.39 is 0 Å². The lowest BCUT2D eigenvalue weighted by Gasteiger charge is -2.19. The number of amides is 1. The van der Waals surface area contributed by atoms with Crippen LogP contribution in [0, 0.1) is 18.2 Å². The van der Waals surface area contributed by atoms with E-state index in [4.69, 9.17) is 14.9 Å². The van der Waals surface area contributed by atoms with Gasteiger partial charge in [-0.2, -0.15) is 0 Å². The number of carbonyl (C=O) groups is 1. The first-order valence-electron chi connectivity index (χ1n) is 11.2. The molecule has 0 radical (unpaired) electrons. The fourth-order valence-corrected chi connectivity index (χ4v) is 4.93. The summed E-state index contributed by atoms with van der Waals surface area (Å²) in [5.41, 5.74) is 4.78. The number of hydrogen-bond donors (Lipinski definition) is 2. The summed E-state index contributed by atoms with van der Waals surface area (Å²) in [6.07, 6.45) is 0. The van der Waals surface area contributed by atoms with Crippen molar-refractivity contribution in [1.82, 2.24) is 10.2 Å². The van der Waals surface area contributed by atoms with E-state index >= 15 is 0 Å². The largest absolute Gasteiger partial charge is 0.497 e. The quantitative estimate of drug-likeness (QED) is 0.449. The average Bonchev–Trinajstić information content (AvgIpc) is 3.26. The number of carbonyl (C=O) groups excluding carboxylic acids is 1. The molecule has 0 spiro atoms. The van der Waals surface area contributed by atoms with E-state index in [1.54, 1.807) is 26.4 Å². The first kappa shape index (κ1) is 24.6. The molecule has 0 bridgehead atoms. The second kappa shape index (κ2) is 10.8. The summed E-state index contributed by atoms with van der Waals surface area (Å²) in [6, 6.07) is 15.8. The lowest BCUT2D eigenvalue weighted by Crippen LogP contribution is -2.25. The summed E-state index contributed by atoms with van der Waals surface area (Å²) in [4.78, 5) is 15.2. The maximum Gasteiger partial charge on any atom is 0.251 e. The molecule has 0 saturated carbocycles. The van der Waals surface area contributed by atoms with Gasteiger partial charge in [0.25, 0.3) is 5.91 Å². The number of benzene rings is 3. The third kappa shape index (κ3) is 5.95. The van der Waals surface area contributed by atoms with Gasteiger partial charge in [-0.15, -0.1) is 0 Å². The number of thioether (sulfide) groups is 1. The standard InChI is InChI=1S/C27H28FN3O3S/c1-17-8-22(28)4-5-25(17)20-9-19(16-31-6-7-35-27(31)29)10-21(13-20)26(32)30-15-18-11-23(33-2)14-24(12-18)34-3/h4-5,8-14,29H,6-7,15-16H2,1-3H3,(H,30,32). The summed E-state index contributed by atoms with van der Waals surface area (Å²) in [7, 11) is 3.17. The highest BCUT2D eigenvalue weighted by Gasteiger charge is 2.19. The maximum atomic E-state index is 13.7. The van der Waals surface area contributed by atoms with Crippen LogP contribution in [0.3, 0.4) is 0 Å². The molecule has 6 nitrogen and oxygen atoms in total. The van der Waals surface area contributed by atoms with Crippen LogP contribution in [0.2, 0.25) is 0 Å².